The van der Waals surface area contributed by atoms with E-state index in [9.17, 15) is 14.4 Å². The van der Waals surface area contributed by atoms with Gasteiger partial charge in [0.2, 0.25) is 11.8 Å². The maximum atomic E-state index is 12.3. The van der Waals surface area contributed by atoms with Crippen LogP contribution in [0.5, 0.6) is 0 Å². The van der Waals surface area contributed by atoms with Gasteiger partial charge in [-0.3, -0.25) is 9.59 Å². The first-order chi connectivity index (χ1) is 12.8. The predicted octanol–water partition coefficient (Wildman–Crippen LogP) is 3.47. The average molecular weight is 368 g/mol. The van der Waals surface area contributed by atoms with E-state index in [0.29, 0.717) is 11.3 Å². The van der Waals surface area contributed by atoms with Gasteiger partial charge in [0.1, 0.15) is 0 Å². The van der Waals surface area contributed by atoms with Crippen molar-refractivity contribution in [1.29, 1.82) is 0 Å². The molecule has 6 nitrogen and oxygen atoms in total. The number of methoxy groups -OCH3 is 1. The standard InChI is InChI=1S/C21H24N2O4/c1-14-10-15(2)12-18(11-14)22-20(25)8-9-23(16(3)24)19-7-5-6-17(13-19)21(26)27-4/h5-7,10-13H,8-9H2,1-4H3,(H,22,25). The number of anilines is 2. The highest BCUT2D eigenvalue weighted by molar-refractivity contribution is 5.96. The second-order valence-electron chi connectivity index (χ2n) is 6.39. The number of amides is 2. The lowest BCUT2D eigenvalue weighted by molar-refractivity contribution is -0.117. The number of nitrogens with zero attached hydrogens (tertiary/aromatic N) is 1. The predicted molar refractivity (Wildman–Crippen MR) is 105 cm³/mol. The molecule has 0 bridgehead atoms. The molecule has 0 aliphatic heterocycles. The summed E-state index contributed by atoms with van der Waals surface area (Å²) >= 11 is 0. The van der Waals surface area contributed by atoms with E-state index < -0.39 is 5.97 Å². The molecule has 2 aromatic carbocycles. The highest BCUT2D eigenvalue weighted by Crippen LogP contribution is 2.18. The largest absolute Gasteiger partial charge is 0.465 e. The molecule has 2 aromatic rings. The van der Waals surface area contributed by atoms with Gasteiger partial charge in [0, 0.05) is 31.3 Å². The maximum absolute atomic E-state index is 12.3. The molecule has 0 aromatic heterocycles. The molecule has 0 fully saturated rings. The first-order valence-electron chi connectivity index (χ1n) is 8.65. The van der Waals surface area contributed by atoms with E-state index in [1.807, 2.05) is 32.0 Å². The third-order valence-electron chi connectivity index (χ3n) is 4.03. The molecular weight excluding hydrogens is 344 g/mol. The van der Waals surface area contributed by atoms with E-state index in [-0.39, 0.29) is 24.8 Å². The third-order valence-corrected chi connectivity index (χ3v) is 4.03. The van der Waals surface area contributed by atoms with Gasteiger partial charge in [0.15, 0.2) is 0 Å². The van der Waals surface area contributed by atoms with E-state index in [2.05, 4.69) is 5.32 Å². The number of rotatable bonds is 6. The van der Waals surface area contributed by atoms with Crippen molar-refractivity contribution in [3.63, 3.8) is 0 Å². The summed E-state index contributed by atoms with van der Waals surface area (Å²) in [5.41, 5.74) is 3.76. The van der Waals surface area contributed by atoms with Crippen molar-refractivity contribution < 1.29 is 19.1 Å². The Morgan fingerprint density at radius 1 is 1.04 bits per heavy atom. The molecule has 0 unspecified atom stereocenters. The van der Waals surface area contributed by atoms with Crippen molar-refractivity contribution in [2.45, 2.75) is 27.2 Å². The van der Waals surface area contributed by atoms with Gasteiger partial charge < -0.3 is 15.0 Å². The summed E-state index contributed by atoms with van der Waals surface area (Å²) in [5, 5.41) is 2.86. The summed E-state index contributed by atoms with van der Waals surface area (Å²) < 4.78 is 4.71. The van der Waals surface area contributed by atoms with Crippen LogP contribution in [0.25, 0.3) is 0 Å². The number of nitrogens with one attached hydrogen (secondary N) is 1. The lowest BCUT2D eigenvalue weighted by Gasteiger charge is -2.21. The van der Waals surface area contributed by atoms with Crippen molar-refractivity contribution in [3.05, 3.63) is 59.2 Å². The van der Waals surface area contributed by atoms with Gasteiger partial charge >= 0.3 is 5.97 Å². The summed E-state index contributed by atoms with van der Waals surface area (Å²) in [6, 6.07) is 12.4. The number of ether oxygens (including phenoxy) is 1. The molecule has 142 valence electrons. The number of benzene rings is 2. The molecule has 0 aliphatic rings. The van der Waals surface area contributed by atoms with Crippen molar-refractivity contribution in [3.8, 4) is 0 Å². The smallest absolute Gasteiger partial charge is 0.337 e. The first kappa shape index (κ1) is 20.2. The lowest BCUT2D eigenvalue weighted by Crippen LogP contribution is -2.32. The molecule has 0 spiro atoms. The summed E-state index contributed by atoms with van der Waals surface area (Å²) in [7, 11) is 1.30. The summed E-state index contributed by atoms with van der Waals surface area (Å²) in [6.07, 6.45) is 0.134. The van der Waals surface area contributed by atoms with Gasteiger partial charge in [-0.25, -0.2) is 4.79 Å². The fraction of sp³-hybridized carbons (Fsp3) is 0.286. The Morgan fingerprint density at radius 2 is 1.70 bits per heavy atom. The van der Waals surface area contributed by atoms with Gasteiger partial charge in [-0.1, -0.05) is 12.1 Å². The first-order valence-corrected chi connectivity index (χ1v) is 8.65. The van der Waals surface area contributed by atoms with Crippen molar-refractivity contribution in [2.24, 2.45) is 0 Å². The molecule has 0 atom stereocenters. The summed E-state index contributed by atoms with van der Waals surface area (Å²) in [4.78, 5) is 37.5. The quantitative estimate of drug-likeness (QED) is 0.792. The molecule has 0 saturated carbocycles. The second-order valence-corrected chi connectivity index (χ2v) is 6.39. The summed E-state index contributed by atoms with van der Waals surface area (Å²) in [5.74, 6) is -0.875. The fourth-order valence-corrected chi connectivity index (χ4v) is 2.87. The van der Waals surface area contributed by atoms with Gasteiger partial charge in [0.05, 0.1) is 12.7 Å². The highest BCUT2D eigenvalue weighted by Gasteiger charge is 2.16. The Balaban J connectivity index is 2.07. The SMILES string of the molecule is COC(=O)c1cccc(N(CCC(=O)Nc2cc(C)cc(C)c2)C(C)=O)c1. The molecule has 0 saturated heterocycles. The van der Waals surface area contributed by atoms with Crippen LogP contribution in [0.3, 0.4) is 0 Å². The van der Waals surface area contributed by atoms with Crippen LogP contribution in [0.1, 0.15) is 34.8 Å². The zero-order valence-electron chi connectivity index (χ0n) is 16.0. The van der Waals surface area contributed by atoms with Crippen molar-refractivity contribution >= 4 is 29.2 Å². The second kappa shape index (κ2) is 8.98. The van der Waals surface area contributed by atoms with Crippen LogP contribution >= 0.6 is 0 Å². The molecule has 6 heteroatoms. The topological polar surface area (TPSA) is 75.7 Å². The van der Waals surface area contributed by atoms with Gasteiger partial charge in [-0.05, 0) is 55.3 Å². The third kappa shape index (κ3) is 5.67. The number of aryl methyl sites for hydroxylation is 2. The van der Waals surface area contributed by atoms with Crippen LogP contribution in [-0.2, 0) is 14.3 Å². The van der Waals surface area contributed by atoms with Crippen LogP contribution in [0, 0.1) is 13.8 Å². The van der Waals surface area contributed by atoms with E-state index in [0.717, 1.165) is 16.8 Å². The number of hydrogen-bond acceptors (Lipinski definition) is 4. The van der Waals surface area contributed by atoms with Crippen LogP contribution in [0.2, 0.25) is 0 Å². The Bertz CT molecular complexity index is 841. The Kier molecular flexibility index (Phi) is 6.71. The molecule has 0 radical (unpaired) electrons. The Hall–Kier alpha value is -3.15. The Labute approximate surface area is 159 Å². The number of carbonyl (C=O) groups excluding carboxylic acids is 3. The number of esters is 1. The minimum atomic E-state index is -0.479. The molecule has 2 rings (SSSR count). The summed E-state index contributed by atoms with van der Waals surface area (Å²) in [6.45, 7) is 5.56. The van der Waals surface area contributed by atoms with Crippen LogP contribution in [0.15, 0.2) is 42.5 Å². The van der Waals surface area contributed by atoms with E-state index in [1.54, 1.807) is 24.3 Å². The molecule has 1 N–H and O–H groups in total. The molecule has 2 amide bonds. The maximum Gasteiger partial charge on any atom is 0.337 e. The molecular formula is C21H24N2O4. The molecule has 0 aliphatic carbocycles. The van der Waals surface area contributed by atoms with Gasteiger partial charge in [0.25, 0.3) is 0 Å². The minimum Gasteiger partial charge on any atom is -0.465 e. The van der Waals surface area contributed by atoms with Gasteiger partial charge in [-0.15, -0.1) is 0 Å². The zero-order chi connectivity index (χ0) is 20.0. The normalized spacial score (nSPS) is 10.2. The number of carbonyl (C=O) groups is 3. The average Bonchev–Trinajstić information content (AvgIpc) is 2.60. The van der Waals surface area contributed by atoms with E-state index in [4.69, 9.17) is 4.74 Å². The fourth-order valence-electron chi connectivity index (χ4n) is 2.87. The van der Waals surface area contributed by atoms with E-state index in [1.165, 1.54) is 18.9 Å². The monoisotopic (exact) mass is 368 g/mol. The van der Waals surface area contributed by atoms with Crippen molar-refractivity contribution in [1.82, 2.24) is 0 Å². The Morgan fingerprint density at radius 3 is 2.30 bits per heavy atom. The van der Waals surface area contributed by atoms with E-state index >= 15 is 0 Å². The number of hydrogen-bond donors (Lipinski definition) is 1. The molecule has 27 heavy (non-hydrogen) atoms. The highest BCUT2D eigenvalue weighted by atomic mass is 16.5. The zero-order valence-corrected chi connectivity index (χ0v) is 16.0. The lowest BCUT2D eigenvalue weighted by atomic mass is 10.1. The van der Waals surface area contributed by atoms with Crippen LogP contribution in [0.4, 0.5) is 11.4 Å². The van der Waals surface area contributed by atoms with Crippen molar-refractivity contribution in [2.75, 3.05) is 23.9 Å². The molecule has 0 heterocycles. The minimum absolute atomic E-state index is 0.134. The van der Waals surface area contributed by atoms with Gasteiger partial charge in [-0.2, -0.15) is 0 Å². The van der Waals surface area contributed by atoms with Crippen LogP contribution < -0.4 is 10.2 Å². The van der Waals surface area contributed by atoms with Crippen LogP contribution in [-0.4, -0.2) is 31.4 Å².